The zero-order valence-corrected chi connectivity index (χ0v) is 5.70. The number of azide groups is 1. The highest BCUT2D eigenvalue weighted by Gasteiger charge is 2.34. The predicted octanol–water partition coefficient (Wildman–Crippen LogP) is 2.61. The second kappa shape index (κ2) is 2.03. The molecule has 2 aliphatic rings. The maximum atomic E-state index is 8.14. The van der Waals surface area contributed by atoms with E-state index < -0.39 is 0 Å². The quantitative estimate of drug-likeness (QED) is 0.301. The molecule has 1 saturated carbocycles. The fourth-order valence-corrected chi connectivity index (χ4v) is 1.78. The summed E-state index contributed by atoms with van der Waals surface area (Å²) < 4.78 is 0. The molecular weight excluding hydrogens is 126 g/mol. The van der Waals surface area contributed by atoms with Crippen LogP contribution < -0.4 is 0 Å². The van der Waals surface area contributed by atoms with Crippen molar-refractivity contribution in [3.05, 3.63) is 22.2 Å². The van der Waals surface area contributed by atoms with Crippen LogP contribution in [0.1, 0.15) is 19.3 Å². The molecule has 2 aliphatic carbocycles. The molecule has 2 rings (SSSR count). The second-order valence-electron chi connectivity index (χ2n) is 3.05. The van der Waals surface area contributed by atoms with Crippen LogP contribution >= 0.6 is 0 Å². The van der Waals surface area contributed by atoms with Crippen LogP contribution in [0.3, 0.4) is 0 Å². The van der Waals surface area contributed by atoms with Crippen molar-refractivity contribution in [2.24, 2.45) is 17.0 Å². The summed E-state index contributed by atoms with van der Waals surface area (Å²) in [7, 11) is 0. The van der Waals surface area contributed by atoms with E-state index in [-0.39, 0.29) is 0 Å². The predicted molar refractivity (Wildman–Crippen MR) is 38.1 cm³/mol. The molecule has 0 aromatic heterocycles. The van der Waals surface area contributed by atoms with Gasteiger partial charge in [0.1, 0.15) is 0 Å². The van der Waals surface area contributed by atoms with Gasteiger partial charge in [0.25, 0.3) is 0 Å². The summed E-state index contributed by atoms with van der Waals surface area (Å²) in [6, 6.07) is 0. The third-order valence-electron chi connectivity index (χ3n) is 2.53. The lowest BCUT2D eigenvalue weighted by atomic mass is 9.76. The lowest BCUT2D eigenvalue weighted by Gasteiger charge is -2.29. The molecule has 52 valence electrons. The SMILES string of the molecule is [N-]=[N+]=NC1=CC2CCC2C1. The van der Waals surface area contributed by atoms with E-state index in [4.69, 9.17) is 5.53 Å². The summed E-state index contributed by atoms with van der Waals surface area (Å²) in [4.78, 5) is 2.77. The van der Waals surface area contributed by atoms with Crippen molar-refractivity contribution in [3.63, 3.8) is 0 Å². The van der Waals surface area contributed by atoms with E-state index >= 15 is 0 Å². The van der Waals surface area contributed by atoms with Gasteiger partial charge in [-0.15, -0.1) is 0 Å². The Morgan fingerprint density at radius 2 is 2.50 bits per heavy atom. The standard InChI is InChI=1S/C7H9N3/c8-10-9-7-3-5-1-2-6(5)4-7/h3,5-6H,1-2,4H2. The Kier molecular flexibility index (Phi) is 1.18. The van der Waals surface area contributed by atoms with Crippen molar-refractivity contribution >= 4 is 0 Å². The summed E-state index contributed by atoms with van der Waals surface area (Å²) >= 11 is 0. The number of hydrogen-bond acceptors (Lipinski definition) is 1. The summed E-state index contributed by atoms with van der Waals surface area (Å²) in [5.74, 6) is 1.57. The van der Waals surface area contributed by atoms with Gasteiger partial charge in [-0.25, -0.2) is 0 Å². The molecule has 0 aliphatic heterocycles. The third kappa shape index (κ3) is 0.711. The first-order valence-electron chi connectivity index (χ1n) is 3.66. The Hall–Kier alpha value is -0.950. The van der Waals surface area contributed by atoms with Gasteiger partial charge in [0.2, 0.25) is 0 Å². The summed E-state index contributed by atoms with van der Waals surface area (Å²) in [5, 5.41) is 3.61. The largest absolute Gasteiger partial charge is 0.0756 e. The number of nitrogens with zero attached hydrogens (tertiary/aromatic N) is 3. The molecule has 2 unspecified atom stereocenters. The Bertz CT molecular complexity index is 225. The molecule has 0 heterocycles. The Morgan fingerprint density at radius 3 is 2.90 bits per heavy atom. The number of hydrogen-bond donors (Lipinski definition) is 0. The van der Waals surface area contributed by atoms with Crippen LogP contribution in [-0.4, -0.2) is 0 Å². The molecule has 0 saturated heterocycles. The van der Waals surface area contributed by atoms with Crippen LogP contribution in [-0.2, 0) is 0 Å². The Morgan fingerprint density at radius 1 is 1.60 bits per heavy atom. The van der Waals surface area contributed by atoms with Gasteiger partial charge >= 0.3 is 0 Å². The average molecular weight is 135 g/mol. The van der Waals surface area contributed by atoms with Crippen LogP contribution in [0.15, 0.2) is 16.9 Å². The number of rotatable bonds is 1. The molecule has 10 heavy (non-hydrogen) atoms. The van der Waals surface area contributed by atoms with E-state index in [1.807, 2.05) is 0 Å². The van der Waals surface area contributed by atoms with Gasteiger partial charge in [0.15, 0.2) is 0 Å². The molecule has 3 heteroatoms. The number of fused-ring (bicyclic) bond motifs is 1. The fraction of sp³-hybridized carbons (Fsp3) is 0.714. The van der Waals surface area contributed by atoms with Gasteiger partial charge < -0.3 is 0 Å². The van der Waals surface area contributed by atoms with E-state index in [1.165, 1.54) is 12.8 Å². The first-order chi connectivity index (χ1) is 4.90. The fourth-order valence-electron chi connectivity index (χ4n) is 1.78. The average Bonchev–Trinajstić information content (AvgIpc) is 2.14. The van der Waals surface area contributed by atoms with Gasteiger partial charge in [-0.3, -0.25) is 0 Å². The lowest BCUT2D eigenvalue weighted by molar-refractivity contribution is 0.248. The highest BCUT2D eigenvalue weighted by Crippen LogP contribution is 2.45. The molecule has 0 bridgehead atoms. The van der Waals surface area contributed by atoms with Crippen molar-refractivity contribution in [2.45, 2.75) is 19.3 Å². The smallest absolute Gasteiger partial charge is 0.0116 e. The highest BCUT2D eigenvalue weighted by molar-refractivity contribution is 5.16. The molecule has 0 spiro atoms. The summed E-state index contributed by atoms with van der Waals surface area (Å²) in [5.41, 5.74) is 9.10. The van der Waals surface area contributed by atoms with Gasteiger partial charge in [0.05, 0.1) is 0 Å². The van der Waals surface area contributed by atoms with E-state index in [9.17, 15) is 0 Å². The zero-order chi connectivity index (χ0) is 6.97. The third-order valence-corrected chi connectivity index (χ3v) is 2.53. The minimum Gasteiger partial charge on any atom is -0.0756 e. The van der Waals surface area contributed by atoms with Crippen molar-refractivity contribution in [1.29, 1.82) is 0 Å². The van der Waals surface area contributed by atoms with Gasteiger partial charge in [0, 0.05) is 10.6 Å². The molecule has 0 amide bonds. The minimum atomic E-state index is 0.750. The van der Waals surface area contributed by atoms with Gasteiger partial charge in [-0.05, 0) is 36.6 Å². The van der Waals surface area contributed by atoms with E-state index in [2.05, 4.69) is 16.1 Å². The van der Waals surface area contributed by atoms with Crippen molar-refractivity contribution in [2.75, 3.05) is 0 Å². The molecule has 2 atom stereocenters. The maximum absolute atomic E-state index is 8.14. The monoisotopic (exact) mass is 135 g/mol. The highest BCUT2D eigenvalue weighted by atomic mass is 15.1. The first kappa shape index (κ1) is 5.81. The second-order valence-corrected chi connectivity index (χ2v) is 3.05. The van der Waals surface area contributed by atoms with Crippen molar-refractivity contribution in [1.82, 2.24) is 0 Å². The van der Waals surface area contributed by atoms with Crippen molar-refractivity contribution in [3.8, 4) is 0 Å². The molecular formula is C7H9N3. The molecule has 0 N–H and O–H groups in total. The summed E-state index contributed by atoms with van der Waals surface area (Å²) in [6.45, 7) is 0. The molecule has 3 nitrogen and oxygen atoms in total. The normalized spacial score (nSPS) is 35.4. The Balaban J connectivity index is 2.12. The van der Waals surface area contributed by atoms with E-state index in [1.54, 1.807) is 0 Å². The number of allylic oxidation sites excluding steroid dienone is 2. The van der Waals surface area contributed by atoms with Crippen molar-refractivity contribution < 1.29 is 0 Å². The Labute approximate surface area is 59.4 Å². The first-order valence-corrected chi connectivity index (χ1v) is 3.66. The molecule has 0 radical (unpaired) electrons. The lowest BCUT2D eigenvalue weighted by Crippen LogP contribution is -2.19. The van der Waals surface area contributed by atoms with E-state index in [0.717, 1.165) is 24.0 Å². The van der Waals surface area contributed by atoms with E-state index in [0.29, 0.717) is 0 Å². The maximum Gasteiger partial charge on any atom is 0.0116 e. The zero-order valence-electron chi connectivity index (χ0n) is 5.70. The summed E-state index contributed by atoms with van der Waals surface area (Å²) in [6.07, 6.45) is 5.78. The molecule has 0 aromatic rings. The van der Waals surface area contributed by atoms with Crippen LogP contribution in [0, 0.1) is 11.8 Å². The van der Waals surface area contributed by atoms with Gasteiger partial charge in [-0.1, -0.05) is 11.2 Å². The van der Waals surface area contributed by atoms with Gasteiger partial charge in [-0.2, -0.15) is 0 Å². The molecule has 0 aromatic carbocycles. The van der Waals surface area contributed by atoms with Crippen LogP contribution in [0.4, 0.5) is 0 Å². The molecule has 1 fully saturated rings. The minimum absolute atomic E-state index is 0.750. The topological polar surface area (TPSA) is 48.8 Å². The van der Waals surface area contributed by atoms with Crippen LogP contribution in [0.25, 0.3) is 10.4 Å². The van der Waals surface area contributed by atoms with Crippen LogP contribution in [0.5, 0.6) is 0 Å². The van der Waals surface area contributed by atoms with Crippen LogP contribution in [0.2, 0.25) is 0 Å².